The number of hydrogen-bond acceptors (Lipinski definition) is 2. The molecule has 0 saturated heterocycles. The minimum atomic E-state index is 0.797. The van der Waals surface area contributed by atoms with Crippen molar-refractivity contribution in [1.29, 1.82) is 0 Å². The van der Waals surface area contributed by atoms with Crippen LogP contribution < -0.4 is 4.72 Å². The normalized spacial score (nSPS) is 10.7. The number of benzene rings is 2. The van der Waals surface area contributed by atoms with Gasteiger partial charge in [-0.25, -0.2) is 0 Å². The molecule has 0 fully saturated rings. The molecular weight excluding hydrogens is 190 g/mol. The molecule has 0 radical (unpaired) electrons. The monoisotopic (exact) mass is 203 g/mol. The maximum atomic E-state index is 4.04. The van der Waals surface area contributed by atoms with Crippen molar-refractivity contribution in [2.45, 2.75) is 13.5 Å². The average Bonchev–Trinajstić information content (AvgIpc) is 2.18. The predicted octanol–water partition coefficient (Wildman–Crippen LogP) is 3.08. The largest absolute Gasteiger partial charge is 0.262 e. The van der Waals surface area contributed by atoms with Gasteiger partial charge in [0.1, 0.15) is 0 Å². The Balaban J connectivity index is 2.67. The van der Waals surface area contributed by atoms with Gasteiger partial charge in [0.25, 0.3) is 0 Å². The quantitative estimate of drug-likeness (QED) is 0.715. The zero-order chi connectivity index (χ0) is 9.97. The summed E-state index contributed by atoms with van der Waals surface area (Å²) in [6, 6.07) is 12.8. The number of aryl methyl sites for hydroxylation is 1. The van der Waals surface area contributed by atoms with E-state index in [1.54, 1.807) is 0 Å². The highest BCUT2D eigenvalue weighted by Crippen LogP contribution is 2.20. The number of rotatable bonds is 2. The maximum absolute atomic E-state index is 4.04. The summed E-state index contributed by atoms with van der Waals surface area (Å²) < 4.78 is 2.90. The van der Waals surface area contributed by atoms with Crippen molar-refractivity contribution < 1.29 is 0 Å². The molecule has 0 aromatic heterocycles. The first kappa shape index (κ1) is 9.56. The second-order valence-electron chi connectivity index (χ2n) is 3.48. The zero-order valence-electron chi connectivity index (χ0n) is 8.12. The van der Waals surface area contributed by atoms with E-state index in [0.717, 1.165) is 6.54 Å². The standard InChI is InChI=1S/C12H13NS/c1-9-6-10-4-2-3-5-12(10)11(7-9)8-13-14/h2-7,13-14H,8H2,1H3. The van der Waals surface area contributed by atoms with Crippen LogP contribution in [0.15, 0.2) is 36.4 Å². The molecule has 0 spiro atoms. The Morgan fingerprint density at radius 1 is 1.21 bits per heavy atom. The molecule has 1 nitrogen and oxygen atoms in total. The summed E-state index contributed by atoms with van der Waals surface area (Å²) in [4.78, 5) is 0. The van der Waals surface area contributed by atoms with Crippen LogP contribution in [0.3, 0.4) is 0 Å². The Hall–Kier alpha value is -0.990. The summed E-state index contributed by atoms with van der Waals surface area (Å²) in [5.41, 5.74) is 2.60. The molecule has 0 saturated carbocycles. The molecule has 0 aliphatic heterocycles. The van der Waals surface area contributed by atoms with E-state index in [4.69, 9.17) is 0 Å². The maximum Gasteiger partial charge on any atom is 0.0313 e. The van der Waals surface area contributed by atoms with Crippen LogP contribution in [-0.2, 0) is 6.54 Å². The minimum Gasteiger partial charge on any atom is -0.262 e. The second kappa shape index (κ2) is 4.03. The average molecular weight is 203 g/mol. The zero-order valence-corrected chi connectivity index (χ0v) is 9.01. The van der Waals surface area contributed by atoms with Crippen molar-refractivity contribution >= 4 is 23.6 Å². The molecule has 2 rings (SSSR count). The molecule has 2 aromatic carbocycles. The molecule has 72 valence electrons. The first-order valence-corrected chi connectivity index (χ1v) is 5.11. The van der Waals surface area contributed by atoms with Crippen molar-refractivity contribution in [2.24, 2.45) is 0 Å². The van der Waals surface area contributed by atoms with Crippen molar-refractivity contribution in [3.63, 3.8) is 0 Å². The molecule has 0 bridgehead atoms. The van der Waals surface area contributed by atoms with Crippen LogP contribution in [0.4, 0.5) is 0 Å². The van der Waals surface area contributed by atoms with Gasteiger partial charge >= 0.3 is 0 Å². The Morgan fingerprint density at radius 3 is 2.79 bits per heavy atom. The van der Waals surface area contributed by atoms with Gasteiger partial charge in [0, 0.05) is 6.54 Å². The van der Waals surface area contributed by atoms with Gasteiger partial charge in [-0.05, 0) is 23.3 Å². The van der Waals surface area contributed by atoms with E-state index in [9.17, 15) is 0 Å². The molecule has 0 atom stereocenters. The van der Waals surface area contributed by atoms with Gasteiger partial charge < -0.3 is 0 Å². The highest BCUT2D eigenvalue weighted by atomic mass is 32.1. The number of thiol groups is 1. The lowest BCUT2D eigenvalue weighted by molar-refractivity contribution is 0.994. The summed E-state index contributed by atoms with van der Waals surface area (Å²) >= 11 is 4.04. The third-order valence-electron chi connectivity index (χ3n) is 2.36. The van der Waals surface area contributed by atoms with Crippen molar-refractivity contribution in [3.8, 4) is 0 Å². The molecule has 2 aromatic rings. The Morgan fingerprint density at radius 2 is 2.00 bits per heavy atom. The lowest BCUT2D eigenvalue weighted by Gasteiger charge is -2.07. The number of fused-ring (bicyclic) bond motifs is 1. The lowest BCUT2D eigenvalue weighted by Crippen LogP contribution is -1.99. The molecule has 0 amide bonds. The van der Waals surface area contributed by atoms with E-state index in [2.05, 4.69) is 60.9 Å². The van der Waals surface area contributed by atoms with Crippen LogP contribution in [0.2, 0.25) is 0 Å². The van der Waals surface area contributed by atoms with Crippen molar-refractivity contribution in [2.75, 3.05) is 0 Å². The fourth-order valence-corrected chi connectivity index (χ4v) is 1.96. The Kier molecular flexibility index (Phi) is 2.75. The summed E-state index contributed by atoms with van der Waals surface area (Å²) in [5.74, 6) is 0. The summed E-state index contributed by atoms with van der Waals surface area (Å²) in [7, 11) is 0. The molecule has 0 aliphatic carbocycles. The molecule has 1 N–H and O–H groups in total. The molecule has 2 heteroatoms. The van der Waals surface area contributed by atoms with Gasteiger partial charge in [0.15, 0.2) is 0 Å². The van der Waals surface area contributed by atoms with Crippen LogP contribution in [0, 0.1) is 6.92 Å². The van der Waals surface area contributed by atoms with Gasteiger partial charge in [-0.1, -0.05) is 54.8 Å². The van der Waals surface area contributed by atoms with Gasteiger partial charge in [0.2, 0.25) is 0 Å². The van der Waals surface area contributed by atoms with E-state index >= 15 is 0 Å². The van der Waals surface area contributed by atoms with Crippen LogP contribution in [0.5, 0.6) is 0 Å². The van der Waals surface area contributed by atoms with Crippen LogP contribution in [0.25, 0.3) is 10.8 Å². The van der Waals surface area contributed by atoms with Crippen molar-refractivity contribution in [3.05, 3.63) is 47.5 Å². The fraction of sp³-hybridized carbons (Fsp3) is 0.167. The summed E-state index contributed by atoms with van der Waals surface area (Å²) in [5, 5.41) is 2.60. The number of hydrogen-bond donors (Lipinski definition) is 2. The Bertz CT molecular complexity index is 451. The molecule has 0 unspecified atom stereocenters. The highest BCUT2D eigenvalue weighted by molar-refractivity contribution is 7.78. The predicted molar refractivity (Wildman–Crippen MR) is 64.5 cm³/mol. The smallest absolute Gasteiger partial charge is 0.0313 e. The second-order valence-corrected chi connectivity index (χ2v) is 3.80. The summed E-state index contributed by atoms with van der Waals surface area (Å²) in [6.07, 6.45) is 0. The van der Waals surface area contributed by atoms with Crippen LogP contribution >= 0.6 is 12.8 Å². The van der Waals surface area contributed by atoms with Crippen LogP contribution in [-0.4, -0.2) is 0 Å². The van der Waals surface area contributed by atoms with Crippen LogP contribution in [0.1, 0.15) is 11.1 Å². The van der Waals surface area contributed by atoms with Gasteiger partial charge in [-0.2, -0.15) is 0 Å². The molecular formula is C12H13NS. The van der Waals surface area contributed by atoms with Crippen molar-refractivity contribution in [1.82, 2.24) is 4.72 Å². The van der Waals surface area contributed by atoms with E-state index in [0.29, 0.717) is 0 Å². The molecule has 0 heterocycles. The number of nitrogens with one attached hydrogen (secondary N) is 1. The third-order valence-corrected chi connectivity index (χ3v) is 2.52. The summed E-state index contributed by atoms with van der Waals surface area (Å²) in [6.45, 7) is 2.92. The SMILES string of the molecule is Cc1cc(CNS)c2ccccc2c1. The van der Waals surface area contributed by atoms with E-state index in [1.807, 2.05) is 0 Å². The molecule has 0 aliphatic rings. The lowest BCUT2D eigenvalue weighted by atomic mass is 10.0. The first-order chi connectivity index (χ1) is 6.81. The Labute approximate surface area is 89.7 Å². The van der Waals surface area contributed by atoms with E-state index in [1.165, 1.54) is 21.9 Å². The molecule has 14 heavy (non-hydrogen) atoms. The van der Waals surface area contributed by atoms with Gasteiger partial charge in [0.05, 0.1) is 0 Å². The van der Waals surface area contributed by atoms with Gasteiger partial charge in [-0.15, -0.1) is 0 Å². The fourth-order valence-electron chi connectivity index (χ4n) is 1.79. The minimum absolute atomic E-state index is 0.797. The first-order valence-electron chi connectivity index (χ1n) is 4.66. The topological polar surface area (TPSA) is 12.0 Å². The highest BCUT2D eigenvalue weighted by Gasteiger charge is 2.00. The van der Waals surface area contributed by atoms with E-state index < -0.39 is 0 Å². The van der Waals surface area contributed by atoms with Gasteiger partial charge in [-0.3, -0.25) is 4.72 Å². The van der Waals surface area contributed by atoms with E-state index in [-0.39, 0.29) is 0 Å². The third kappa shape index (κ3) is 1.76.